The van der Waals surface area contributed by atoms with E-state index < -0.39 is 0 Å². The molecule has 5 nitrogen and oxygen atoms in total. The standard InChI is InChI=1S/C20H19FN4OS/c1-13-6-3-4-9-17(13)25-19(26)16(11-22)18(23-2)24-20(25)27-12-14-7-5-8-15(21)10-14/h3-11,22-23H,12H2,1-2H3. The van der Waals surface area contributed by atoms with Crippen molar-refractivity contribution in [2.45, 2.75) is 17.8 Å². The summed E-state index contributed by atoms with van der Waals surface area (Å²) in [5.74, 6) is 0.511. The highest BCUT2D eigenvalue weighted by molar-refractivity contribution is 7.98. The molecule has 0 radical (unpaired) electrons. The number of aryl methyl sites for hydroxylation is 1. The van der Waals surface area contributed by atoms with E-state index in [4.69, 9.17) is 5.41 Å². The summed E-state index contributed by atoms with van der Waals surface area (Å²) in [4.78, 5) is 17.6. The number of para-hydroxylation sites is 1. The Balaban J connectivity index is 2.13. The van der Waals surface area contributed by atoms with Crippen molar-refractivity contribution in [3.05, 3.63) is 81.4 Å². The molecule has 0 saturated heterocycles. The number of nitrogens with zero attached hydrogens (tertiary/aromatic N) is 2. The first kappa shape index (κ1) is 18.8. The van der Waals surface area contributed by atoms with Crippen LogP contribution >= 0.6 is 11.8 Å². The van der Waals surface area contributed by atoms with E-state index in [1.165, 1.54) is 28.5 Å². The topological polar surface area (TPSA) is 70.8 Å². The molecular weight excluding hydrogens is 363 g/mol. The number of hydrogen-bond donors (Lipinski definition) is 2. The fourth-order valence-electron chi connectivity index (χ4n) is 2.73. The van der Waals surface area contributed by atoms with Gasteiger partial charge in [0, 0.05) is 19.0 Å². The Morgan fingerprint density at radius 3 is 2.70 bits per heavy atom. The second-order valence-corrected chi connectivity index (χ2v) is 6.84. The van der Waals surface area contributed by atoms with Gasteiger partial charge in [-0.3, -0.25) is 9.36 Å². The first-order valence-corrected chi connectivity index (χ1v) is 9.32. The fourth-order valence-corrected chi connectivity index (χ4v) is 3.67. The van der Waals surface area contributed by atoms with E-state index in [0.717, 1.165) is 17.3 Å². The number of anilines is 1. The van der Waals surface area contributed by atoms with Crippen molar-refractivity contribution >= 4 is 23.8 Å². The molecule has 0 spiro atoms. The zero-order valence-electron chi connectivity index (χ0n) is 15.0. The van der Waals surface area contributed by atoms with E-state index >= 15 is 0 Å². The summed E-state index contributed by atoms with van der Waals surface area (Å²) >= 11 is 1.35. The molecule has 3 rings (SSSR count). The third-order valence-electron chi connectivity index (χ3n) is 4.08. The first-order valence-electron chi connectivity index (χ1n) is 8.33. The van der Waals surface area contributed by atoms with E-state index in [9.17, 15) is 9.18 Å². The zero-order valence-corrected chi connectivity index (χ0v) is 15.8. The highest BCUT2D eigenvalue weighted by Crippen LogP contribution is 2.26. The van der Waals surface area contributed by atoms with Crippen LogP contribution in [-0.4, -0.2) is 22.8 Å². The normalized spacial score (nSPS) is 10.6. The molecule has 138 valence electrons. The molecule has 1 aromatic heterocycles. The lowest BCUT2D eigenvalue weighted by molar-refractivity contribution is 0.626. The predicted octanol–water partition coefficient (Wildman–Crippen LogP) is 4.01. The summed E-state index contributed by atoms with van der Waals surface area (Å²) < 4.78 is 15.0. The molecule has 0 unspecified atom stereocenters. The number of hydrogen-bond acceptors (Lipinski definition) is 5. The average Bonchev–Trinajstić information content (AvgIpc) is 2.67. The van der Waals surface area contributed by atoms with Gasteiger partial charge in [-0.05, 0) is 36.2 Å². The fraction of sp³-hybridized carbons (Fsp3) is 0.150. The van der Waals surface area contributed by atoms with Crippen LogP contribution in [0.15, 0.2) is 58.5 Å². The van der Waals surface area contributed by atoms with Gasteiger partial charge >= 0.3 is 0 Å². The van der Waals surface area contributed by atoms with Crippen LogP contribution in [0.2, 0.25) is 0 Å². The minimum Gasteiger partial charge on any atom is -0.372 e. The minimum absolute atomic E-state index is 0.191. The Kier molecular flexibility index (Phi) is 5.71. The van der Waals surface area contributed by atoms with Gasteiger partial charge in [-0.1, -0.05) is 42.1 Å². The predicted molar refractivity (Wildman–Crippen MR) is 108 cm³/mol. The second-order valence-electron chi connectivity index (χ2n) is 5.90. The van der Waals surface area contributed by atoms with Crippen molar-refractivity contribution in [3.8, 4) is 5.69 Å². The smallest absolute Gasteiger partial charge is 0.269 e. The van der Waals surface area contributed by atoms with Gasteiger partial charge in [0.05, 0.1) is 5.69 Å². The number of halogens is 1. The SMILES string of the molecule is CNc1nc(SCc2cccc(F)c2)n(-c2ccccc2C)c(=O)c1C=N. The molecule has 7 heteroatoms. The molecule has 3 aromatic rings. The van der Waals surface area contributed by atoms with E-state index in [1.54, 1.807) is 13.1 Å². The number of rotatable bonds is 6. The Morgan fingerprint density at radius 1 is 1.26 bits per heavy atom. The minimum atomic E-state index is -0.319. The van der Waals surface area contributed by atoms with Crippen molar-refractivity contribution in [3.63, 3.8) is 0 Å². The maximum absolute atomic E-state index is 13.5. The Labute approximate surface area is 160 Å². The van der Waals surface area contributed by atoms with Crippen LogP contribution in [-0.2, 0) is 5.75 Å². The van der Waals surface area contributed by atoms with Crippen LogP contribution in [0.1, 0.15) is 16.7 Å². The molecule has 0 aliphatic carbocycles. The van der Waals surface area contributed by atoms with Crippen LogP contribution in [0.5, 0.6) is 0 Å². The molecule has 0 aliphatic rings. The molecule has 0 atom stereocenters. The van der Waals surface area contributed by atoms with Crippen LogP contribution in [0.3, 0.4) is 0 Å². The van der Waals surface area contributed by atoms with Gasteiger partial charge in [0.15, 0.2) is 5.16 Å². The lowest BCUT2D eigenvalue weighted by Gasteiger charge is -2.16. The van der Waals surface area contributed by atoms with E-state index in [1.807, 2.05) is 37.3 Å². The van der Waals surface area contributed by atoms with Crippen LogP contribution in [0, 0.1) is 18.2 Å². The molecule has 0 aliphatic heterocycles. The van der Waals surface area contributed by atoms with Crippen molar-refractivity contribution in [2.75, 3.05) is 12.4 Å². The molecule has 0 fully saturated rings. The monoisotopic (exact) mass is 382 g/mol. The average molecular weight is 382 g/mol. The highest BCUT2D eigenvalue weighted by Gasteiger charge is 2.17. The van der Waals surface area contributed by atoms with E-state index in [2.05, 4.69) is 10.3 Å². The summed E-state index contributed by atoms with van der Waals surface area (Å²) in [5, 5.41) is 11.0. The van der Waals surface area contributed by atoms with Gasteiger partial charge in [0.25, 0.3) is 5.56 Å². The molecule has 1 heterocycles. The third-order valence-corrected chi connectivity index (χ3v) is 5.09. The largest absolute Gasteiger partial charge is 0.372 e. The number of benzene rings is 2. The van der Waals surface area contributed by atoms with Gasteiger partial charge in [-0.25, -0.2) is 9.37 Å². The van der Waals surface area contributed by atoms with Crippen LogP contribution < -0.4 is 10.9 Å². The lowest BCUT2D eigenvalue weighted by atomic mass is 10.2. The Bertz CT molecular complexity index is 1050. The lowest BCUT2D eigenvalue weighted by Crippen LogP contribution is -2.27. The number of nitrogens with one attached hydrogen (secondary N) is 2. The summed E-state index contributed by atoms with van der Waals surface area (Å²) in [6.07, 6.45) is 1.01. The van der Waals surface area contributed by atoms with Gasteiger partial charge in [-0.2, -0.15) is 0 Å². The summed E-state index contributed by atoms with van der Waals surface area (Å²) in [7, 11) is 1.66. The highest BCUT2D eigenvalue weighted by atomic mass is 32.2. The van der Waals surface area contributed by atoms with Crippen molar-refractivity contribution in [1.82, 2.24) is 9.55 Å². The van der Waals surface area contributed by atoms with Crippen LogP contribution in [0.25, 0.3) is 5.69 Å². The molecular formula is C20H19FN4OS. The molecule has 2 N–H and O–H groups in total. The zero-order chi connectivity index (χ0) is 19.4. The van der Waals surface area contributed by atoms with Crippen molar-refractivity contribution < 1.29 is 4.39 Å². The van der Waals surface area contributed by atoms with Gasteiger partial charge < -0.3 is 10.7 Å². The summed E-state index contributed by atoms with van der Waals surface area (Å²) in [6.45, 7) is 1.92. The molecule has 0 amide bonds. The maximum atomic E-state index is 13.5. The third kappa shape index (κ3) is 3.93. The maximum Gasteiger partial charge on any atom is 0.269 e. The van der Waals surface area contributed by atoms with E-state index in [0.29, 0.717) is 22.4 Å². The van der Waals surface area contributed by atoms with Crippen molar-refractivity contribution in [1.29, 1.82) is 5.41 Å². The second kappa shape index (κ2) is 8.18. The number of aromatic nitrogens is 2. The summed E-state index contributed by atoms with van der Waals surface area (Å²) in [6, 6.07) is 13.9. The first-order chi connectivity index (χ1) is 13.0. The molecule has 27 heavy (non-hydrogen) atoms. The molecule has 2 aromatic carbocycles. The molecule has 0 bridgehead atoms. The Hall–Kier alpha value is -2.93. The van der Waals surface area contributed by atoms with Gasteiger partial charge in [0.1, 0.15) is 17.2 Å². The van der Waals surface area contributed by atoms with Crippen molar-refractivity contribution in [2.24, 2.45) is 0 Å². The summed E-state index contributed by atoms with van der Waals surface area (Å²) in [5.41, 5.74) is 2.30. The molecule has 0 saturated carbocycles. The van der Waals surface area contributed by atoms with E-state index in [-0.39, 0.29) is 16.9 Å². The quantitative estimate of drug-likeness (QED) is 0.384. The van der Waals surface area contributed by atoms with Gasteiger partial charge in [0.2, 0.25) is 0 Å². The van der Waals surface area contributed by atoms with Crippen LogP contribution in [0.4, 0.5) is 10.2 Å². The Morgan fingerprint density at radius 2 is 2.04 bits per heavy atom. The van der Waals surface area contributed by atoms with Gasteiger partial charge in [-0.15, -0.1) is 0 Å². The number of thioether (sulfide) groups is 1.